The Labute approximate surface area is 354 Å². The molecule has 0 amide bonds. The molecule has 0 fully saturated rings. The third-order valence-electron chi connectivity index (χ3n) is 12.9. The lowest BCUT2D eigenvalue weighted by molar-refractivity contribution is 0.465. The van der Waals surface area contributed by atoms with Crippen LogP contribution in [-0.2, 0) is 0 Å². The molecule has 0 unspecified atom stereocenters. The van der Waals surface area contributed by atoms with E-state index in [1.54, 1.807) is 0 Å². The number of ether oxygens (including phenoxy) is 2. The molecule has 11 aromatic carbocycles. The van der Waals surface area contributed by atoms with Crippen LogP contribution in [0, 0.1) is 0 Å². The van der Waals surface area contributed by atoms with Crippen LogP contribution in [0.1, 0.15) is 0 Å². The number of hydrogen-bond donors (Lipinski definition) is 0. The topological polar surface area (TPSA) is 18.5 Å². The van der Waals surface area contributed by atoms with Crippen LogP contribution in [0.2, 0.25) is 0 Å². The number of rotatable bonds is 4. The lowest BCUT2D eigenvalue weighted by atomic mass is 9.34. The predicted molar refractivity (Wildman–Crippen MR) is 256 cm³/mol. The molecule has 0 bridgehead atoms. The van der Waals surface area contributed by atoms with Crippen LogP contribution in [-0.4, -0.2) is 6.71 Å². The summed E-state index contributed by atoms with van der Waals surface area (Å²) >= 11 is 0. The first-order valence-corrected chi connectivity index (χ1v) is 21.0. The van der Waals surface area contributed by atoms with Crippen LogP contribution in [0.5, 0.6) is 23.0 Å². The van der Waals surface area contributed by atoms with Crippen LogP contribution in [0.25, 0.3) is 87.6 Å². The zero-order valence-corrected chi connectivity index (χ0v) is 33.1. The highest BCUT2D eigenvalue weighted by molar-refractivity contribution is 6.98. The standard InChI is InChI=1S/C58H35BO2/c1-3-16-36(17-4-1)43-28-15-29-44(37-18-5-2-6-19-37)56(43)57-47-26-13-11-24-45(47)55(46-25-12-14-27-48(46)57)42-34-53-58-54(35-42)61-52-33-41-23-10-8-21-39(41)31-50(52)59(58)49-30-38-20-7-9-22-40(38)32-51(49)60-53/h1-35H. The van der Waals surface area contributed by atoms with E-state index >= 15 is 0 Å². The summed E-state index contributed by atoms with van der Waals surface area (Å²) in [5, 5.41) is 9.44. The van der Waals surface area contributed by atoms with Crippen LogP contribution >= 0.6 is 0 Å². The van der Waals surface area contributed by atoms with Crippen LogP contribution in [0.15, 0.2) is 212 Å². The van der Waals surface area contributed by atoms with Crippen molar-refractivity contribution in [2.75, 3.05) is 0 Å². The smallest absolute Gasteiger partial charge is 0.260 e. The molecule has 0 radical (unpaired) electrons. The van der Waals surface area contributed by atoms with Gasteiger partial charge in [-0.15, -0.1) is 0 Å². The summed E-state index contributed by atoms with van der Waals surface area (Å²) in [5.41, 5.74) is 12.8. The van der Waals surface area contributed by atoms with Crippen molar-refractivity contribution in [3.05, 3.63) is 212 Å². The van der Waals surface area contributed by atoms with Gasteiger partial charge in [-0.1, -0.05) is 188 Å². The van der Waals surface area contributed by atoms with Crippen LogP contribution in [0.4, 0.5) is 0 Å². The van der Waals surface area contributed by atoms with Crippen molar-refractivity contribution in [3.8, 4) is 67.5 Å². The Kier molecular flexibility index (Phi) is 7.43. The first-order valence-electron chi connectivity index (χ1n) is 21.0. The Morgan fingerprint density at radius 3 is 1.13 bits per heavy atom. The van der Waals surface area contributed by atoms with Gasteiger partial charge in [0.05, 0.1) is 0 Å². The molecule has 2 aliphatic rings. The highest BCUT2D eigenvalue weighted by Gasteiger charge is 2.41. The van der Waals surface area contributed by atoms with Gasteiger partial charge in [0.25, 0.3) is 6.71 Å². The largest absolute Gasteiger partial charge is 0.458 e. The fourth-order valence-electron chi connectivity index (χ4n) is 10.3. The van der Waals surface area contributed by atoms with Gasteiger partial charge >= 0.3 is 0 Å². The maximum Gasteiger partial charge on any atom is 0.260 e. The fourth-order valence-corrected chi connectivity index (χ4v) is 10.3. The van der Waals surface area contributed by atoms with E-state index in [0.29, 0.717) is 0 Å². The SMILES string of the molecule is c1ccc(-c2cccc(-c3ccccc3)c2-c2c3ccccc3c(-c3cc4c5c(c3)Oc3cc6ccccc6cc3B5c3cc5ccccc5cc3O4)c3ccccc23)cc1. The zero-order chi connectivity index (χ0) is 40.0. The van der Waals surface area contributed by atoms with Crippen molar-refractivity contribution in [1.82, 2.24) is 0 Å². The highest BCUT2D eigenvalue weighted by atomic mass is 16.5. The van der Waals surface area contributed by atoms with Crippen molar-refractivity contribution in [3.63, 3.8) is 0 Å². The molecular formula is C58H35BO2. The van der Waals surface area contributed by atoms with E-state index < -0.39 is 0 Å². The second-order valence-electron chi connectivity index (χ2n) is 16.3. The molecule has 0 aliphatic carbocycles. The second-order valence-corrected chi connectivity index (χ2v) is 16.3. The van der Waals surface area contributed by atoms with Gasteiger partial charge in [0.1, 0.15) is 23.0 Å². The molecule has 2 aliphatic heterocycles. The first-order chi connectivity index (χ1) is 30.2. The summed E-state index contributed by atoms with van der Waals surface area (Å²) in [6, 6.07) is 76.9. The second kappa shape index (κ2) is 13.3. The zero-order valence-electron chi connectivity index (χ0n) is 33.1. The molecule has 282 valence electrons. The third-order valence-corrected chi connectivity index (χ3v) is 12.9. The van der Waals surface area contributed by atoms with Gasteiger partial charge in [0, 0.05) is 5.46 Å². The van der Waals surface area contributed by atoms with Crippen LogP contribution < -0.4 is 25.9 Å². The molecule has 2 nitrogen and oxygen atoms in total. The molecule has 0 N–H and O–H groups in total. The minimum absolute atomic E-state index is 0.0532. The Balaban J connectivity index is 1.10. The molecule has 0 saturated heterocycles. The number of benzene rings is 11. The van der Waals surface area contributed by atoms with Gasteiger partial charge < -0.3 is 9.47 Å². The van der Waals surface area contributed by atoms with Gasteiger partial charge in [-0.05, 0) is 123 Å². The van der Waals surface area contributed by atoms with Gasteiger partial charge in [0.2, 0.25) is 0 Å². The monoisotopic (exact) mass is 774 g/mol. The molecule has 0 aromatic heterocycles. The summed E-state index contributed by atoms with van der Waals surface area (Å²) in [6.07, 6.45) is 0. The van der Waals surface area contributed by atoms with Crippen molar-refractivity contribution in [2.45, 2.75) is 0 Å². The summed E-state index contributed by atoms with van der Waals surface area (Å²) < 4.78 is 14.1. The molecule has 13 rings (SSSR count). The van der Waals surface area contributed by atoms with E-state index in [9.17, 15) is 0 Å². The van der Waals surface area contributed by atoms with Gasteiger partial charge in [-0.2, -0.15) is 0 Å². The number of fused-ring (bicyclic) bond motifs is 8. The Morgan fingerprint density at radius 1 is 0.279 bits per heavy atom. The van der Waals surface area contributed by atoms with Crippen LogP contribution in [0.3, 0.4) is 0 Å². The Morgan fingerprint density at radius 2 is 0.672 bits per heavy atom. The third kappa shape index (κ3) is 5.24. The summed E-state index contributed by atoms with van der Waals surface area (Å²) in [4.78, 5) is 0. The summed E-state index contributed by atoms with van der Waals surface area (Å²) in [5.74, 6) is 3.43. The predicted octanol–water partition coefficient (Wildman–Crippen LogP) is 13.7. The minimum atomic E-state index is -0.0532. The normalized spacial score (nSPS) is 12.5. The van der Waals surface area contributed by atoms with Crippen molar-refractivity contribution >= 4 is 66.2 Å². The van der Waals surface area contributed by atoms with E-state index in [1.807, 2.05) is 0 Å². The van der Waals surface area contributed by atoms with E-state index in [2.05, 4.69) is 212 Å². The van der Waals surface area contributed by atoms with Gasteiger partial charge in [-0.3, -0.25) is 0 Å². The van der Waals surface area contributed by atoms with Crippen molar-refractivity contribution in [1.29, 1.82) is 0 Å². The highest BCUT2D eigenvalue weighted by Crippen LogP contribution is 2.50. The first kappa shape index (κ1) is 34.0. The van der Waals surface area contributed by atoms with E-state index in [1.165, 1.54) is 65.7 Å². The quantitative estimate of drug-likeness (QED) is 0.131. The average Bonchev–Trinajstić information content (AvgIpc) is 3.32. The molecule has 3 heteroatoms. The van der Waals surface area contributed by atoms with Gasteiger partial charge in [0.15, 0.2) is 0 Å². The summed E-state index contributed by atoms with van der Waals surface area (Å²) in [7, 11) is 0. The van der Waals surface area contributed by atoms with Gasteiger partial charge in [-0.25, -0.2) is 0 Å². The molecule has 2 heterocycles. The maximum absolute atomic E-state index is 7.06. The van der Waals surface area contributed by atoms with Crippen molar-refractivity contribution < 1.29 is 9.47 Å². The molecular weight excluding hydrogens is 739 g/mol. The van der Waals surface area contributed by atoms with Crippen molar-refractivity contribution in [2.24, 2.45) is 0 Å². The Hall–Kier alpha value is -7.88. The van der Waals surface area contributed by atoms with E-state index in [0.717, 1.165) is 61.3 Å². The molecule has 61 heavy (non-hydrogen) atoms. The molecule has 0 atom stereocenters. The fraction of sp³-hybridized carbons (Fsp3) is 0. The summed E-state index contributed by atoms with van der Waals surface area (Å²) in [6.45, 7) is -0.0532. The average molecular weight is 775 g/mol. The maximum atomic E-state index is 7.06. The molecule has 0 saturated carbocycles. The molecule has 0 spiro atoms. The van der Waals surface area contributed by atoms with E-state index in [-0.39, 0.29) is 6.71 Å². The lowest BCUT2D eigenvalue weighted by Gasteiger charge is -2.34. The minimum Gasteiger partial charge on any atom is -0.458 e. The van der Waals surface area contributed by atoms with E-state index in [4.69, 9.17) is 9.47 Å². The lowest BCUT2D eigenvalue weighted by Crippen LogP contribution is -2.57. The Bertz CT molecular complexity index is 3370. The molecule has 11 aromatic rings. The number of hydrogen-bond acceptors (Lipinski definition) is 2.